The quantitative estimate of drug-likeness (QED) is 0.700. The van der Waals surface area contributed by atoms with E-state index in [1.165, 1.54) is 11.1 Å². The van der Waals surface area contributed by atoms with Crippen molar-refractivity contribution in [2.24, 2.45) is 0 Å². The highest BCUT2D eigenvalue weighted by molar-refractivity contribution is 5.94. The van der Waals surface area contributed by atoms with Gasteiger partial charge in [0.2, 0.25) is 0 Å². The summed E-state index contributed by atoms with van der Waals surface area (Å²) in [5, 5.41) is 0. The average Bonchev–Trinajstić information content (AvgIpc) is 3.00. The first kappa shape index (κ1) is 23.8. The van der Waals surface area contributed by atoms with Gasteiger partial charge in [0.15, 0.2) is 6.61 Å². The Bertz CT molecular complexity index is 991. The zero-order chi connectivity index (χ0) is 23.5. The third-order valence-corrected chi connectivity index (χ3v) is 6.18. The van der Waals surface area contributed by atoms with E-state index in [4.69, 9.17) is 4.74 Å². The van der Waals surface area contributed by atoms with Crippen molar-refractivity contribution < 1.29 is 14.3 Å². The summed E-state index contributed by atoms with van der Waals surface area (Å²) in [4.78, 5) is 29.5. The number of hydrogen-bond donors (Lipinski definition) is 0. The van der Waals surface area contributed by atoms with E-state index in [0.717, 1.165) is 23.3 Å². The summed E-state index contributed by atoms with van der Waals surface area (Å²) in [7, 11) is 0. The van der Waals surface area contributed by atoms with E-state index in [-0.39, 0.29) is 23.8 Å². The van der Waals surface area contributed by atoms with Crippen molar-refractivity contribution in [3.63, 3.8) is 0 Å². The lowest BCUT2D eigenvalue weighted by Crippen LogP contribution is -2.39. The second-order valence-corrected chi connectivity index (χ2v) is 9.86. The molecule has 1 saturated heterocycles. The molecule has 172 valence electrons. The second-order valence-electron chi connectivity index (χ2n) is 9.86. The van der Waals surface area contributed by atoms with Crippen molar-refractivity contribution in [1.82, 2.24) is 9.80 Å². The van der Waals surface area contributed by atoms with Crippen LogP contribution in [0.4, 0.5) is 0 Å². The van der Waals surface area contributed by atoms with E-state index in [1.807, 2.05) is 54.0 Å². The van der Waals surface area contributed by atoms with Gasteiger partial charge in [0, 0.05) is 31.7 Å². The largest absolute Gasteiger partial charge is 0.483 e. The predicted molar refractivity (Wildman–Crippen MR) is 128 cm³/mol. The van der Waals surface area contributed by atoms with Crippen molar-refractivity contribution in [1.29, 1.82) is 0 Å². The Hall–Kier alpha value is -2.82. The van der Waals surface area contributed by atoms with Gasteiger partial charge in [0.05, 0.1) is 0 Å². The Morgan fingerprint density at radius 2 is 1.56 bits per heavy atom. The van der Waals surface area contributed by atoms with Gasteiger partial charge in [-0.15, -0.1) is 0 Å². The molecule has 32 heavy (non-hydrogen) atoms. The Morgan fingerprint density at radius 3 is 2.25 bits per heavy atom. The Morgan fingerprint density at radius 1 is 0.875 bits per heavy atom. The first-order chi connectivity index (χ1) is 15.1. The first-order valence-electron chi connectivity index (χ1n) is 11.4. The molecule has 0 bridgehead atoms. The van der Waals surface area contributed by atoms with Gasteiger partial charge >= 0.3 is 0 Å². The Labute approximate surface area is 192 Å². The molecular weight excluding hydrogens is 400 g/mol. The molecule has 1 aliphatic heterocycles. The van der Waals surface area contributed by atoms with Crippen molar-refractivity contribution in [3.8, 4) is 5.75 Å². The number of aryl methyl sites for hydroxylation is 3. The minimum Gasteiger partial charge on any atom is -0.483 e. The normalized spacial score (nSPS) is 14.8. The van der Waals surface area contributed by atoms with Gasteiger partial charge in [-0.3, -0.25) is 9.59 Å². The molecule has 2 amide bonds. The average molecular weight is 437 g/mol. The van der Waals surface area contributed by atoms with Gasteiger partial charge in [-0.25, -0.2) is 0 Å². The summed E-state index contributed by atoms with van der Waals surface area (Å²) in [5.74, 6) is 0.761. The molecule has 5 nitrogen and oxygen atoms in total. The van der Waals surface area contributed by atoms with Crippen LogP contribution in [0.15, 0.2) is 36.4 Å². The van der Waals surface area contributed by atoms with E-state index in [9.17, 15) is 9.59 Å². The van der Waals surface area contributed by atoms with Crippen LogP contribution in [0.2, 0.25) is 0 Å². The summed E-state index contributed by atoms with van der Waals surface area (Å²) >= 11 is 0. The molecular formula is C27H36N2O3. The van der Waals surface area contributed by atoms with E-state index >= 15 is 0 Å². The number of carbonyl (C=O) groups excluding carboxylic acids is 2. The molecule has 0 saturated carbocycles. The molecule has 2 aromatic carbocycles. The molecule has 0 radical (unpaired) electrons. The molecule has 0 N–H and O–H groups in total. The molecule has 0 unspecified atom stereocenters. The number of amides is 2. The number of nitrogens with zero attached hydrogens (tertiary/aromatic N) is 2. The van der Waals surface area contributed by atoms with Crippen LogP contribution < -0.4 is 4.74 Å². The highest BCUT2D eigenvalue weighted by Crippen LogP contribution is 2.32. The second kappa shape index (κ2) is 9.76. The Balaban J connectivity index is 1.60. The molecule has 0 aromatic heterocycles. The lowest BCUT2D eigenvalue weighted by Gasteiger charge is -2.25. The topological polar surface area (TPSA) is 49.9 Å². The summed E-state index contributed by atoms with van der Waals surface area (Å²) in [6.07, 6.45) is 0.764. The van der Waals surface area contributed by atoms with Gasteiger partial charge < -0.3 is 14.5 Å². The fourth-order valence-electron chi connectivity index (χ4n) is 4.01. The summed E-state index contributed by atoms with van der Waals surface area (Å²) in [6.45, 7) is 14.9. The molecule has 0 aliphatic carbocycles. The molecule has 3 rings (SSSR count). The van der Waals surface area contributed by atoms with Gasteiger partial charge in [0.1, 0.15) is 5.75 Å². The third-order valence-electron chi connectivity index (χ3n) is 6.18. The Kier molecular flexibility index (Phi) is 7.27. The van der Waals surface area contributed by atoms with Gasteiger partial charge in [-0.2, -0.15) is 0 Å². The highest BCUT2D eigenvalue weighted by Gasteiger charge is 2.24. The smallest absolute Gasteiger partial charge is 0.260 e. The van der Waals surface area contributed by atoms with Crippen LogP contribution in [0.3, 0.4) is 0 Å². The SMILES string of the molecule is Cc1ccc(OCC(=O)N2CCCN(C(=O)c3ccc(C)c(C)c3)CC2)c(C(C)(C)C)c1. The van der Waals surface area contributed by atoms with Crippen LogP contribution in [-0.4, -0.2) is 54.4 Å². The van der Waals surface area contributed by atoms with Crippen molar-refractivity contribution >= 4 is 11.8 Å². The summed E-state index contributed by atoms with van der Waals surface area (Å²) < 4.78 is 5.97. The molecule has 0 spiro atoms. The fraction of sp³-hybridized carbons (Fsp3) is 0.481. The van der Waals surface area contributed by atoms with Crippen LogP contribution in [-0.2, 0) is 10.2 Å². The van der Waals surface area contributed by atoms with Crippen LogP contribution in [0.1, 0.15) is 59.8 Å². The molecule has 2 aromatic rings. The maximum Gasteiger partial charge on any atom is 0.260 e. The first-order valence-corrected chi connectivity index (χ1v) is 11.4. The molecule has 1 aliphatic rings. The molecule has 0 atom stereocenters. The predicted octanol–water partition coefficient (Wildman–Crippen LogP) is 4.66. The fourth-order valence-corrected chi connectivity index (χ4v) is 4.01. The molecule has 5 heteroatoms. The van der Waals surface area contributed by atoms with E-state index in [1.54, 1.807) is 0 Å². The molecule has 1 fully saturated rings. The van der Waals surface area contributed by atoms with Crippen molar-refractivity contribution in [3.05, 3.63) is 64.2 Å². The molecule has 1 heterocycles. The minimum atomic E-state index is -0.0673. The maximum atomic E-state index is 13.0. The zero-order valence-corrected chi connectivity index (χ0v) is 20.3. The number of rotatable bonds is 4. The maximum absolute atomic E-state index is 13.0. The third kappa shape index (κ3) is 5.70. The highest BCUT2D eigenvalue weighted by atomic mass is 16.5. The van der Waals surface area contributed by atoms with Crippen LogP contribution in [0.5, 0.6) is 5.75 Å². The van der Waals surface area contributed by atoms with Crippen molar-refractivity contribution in [2.45, 2.75) is 53.4 Å². The van der Waals surface area contributed by atoms with Crippen LogP contribution in [0, 0.1) is 20.8 Å². The monoisotopic (exact) mass is 436 g/mol. The standard InChI is InChI=1S/C27H36N2O3/c1-19-8-11-24(23(16-19)27(4,5)6)32-18-25(30)28-12-7-13-29(15-14-28)26(31)22-10-9-20(2)21(3)17-22/h8-11,16-17H,7,12-15,18H2,1-6H3. The van der Waals surface area contributed by atoms with Gasteiger partial charge in [-0.05, 0) is 67.5 Å². The number of hydrogen-bond acceptors (Lipinski definition) is 3. The summed E-state index contributed by atoms with van der Waals surface area (Å²) in [6, 6.07) is 11.9. The van der Waals surface area contributed by atoms with Gasteiger partial charge in [-0.1, -0.05) is 44.5 Å². The van der Waals surface area contributed by atoms with Gasteiger partial charge in [0.25, 0.3) is 11.8 Å². The van der Waals surface area contributed by atoms with E-state index < -0.39 is 0 Å². The number of ether oxygens (including phenoxy) is 1. The summed E-state index contributed by atoms with van der Waals surface area (Å²) in [5.41, 5.74) is 5.22. The van der Waals surface area contributed by atoms with Crippen LogP contribution >= 0.6 is 0 Å². The zero-order valence-electron chi connectivity index (χ0n) is 20.3. The lowest BCUT2D eigenvalue weighted by atomic mass is 9.85. The number of benzene rings is 2. The van der Waals surface area contributed by atoms with Crippen molar-refractivity contribution in [2.75, 3.05) is 32.8 Å². The van der Waals surface area contributed by atoms with Crippen LogP contribution in [0.25, 0.3) is 0 Å². The minimum absolute atomic E-state index is 0.0112. The number of carbonyl (C=O) groups is 2. The lowest BCUT2D eigenvalue weighted by molar-refractivity contribution is -0.133. The van der Waals surface area contributed by atoms with E-state index in [2.05, 4.69) is 33.8 Å². The van der Waals surface area contributed by atoms with E-state index in [0.29, 0.717) is 31.7 Å².